The first kappa shape index (κ1) is 12.4. The van der Waals surface area contributed by atoms with Gasteiger partial charge in [0.25, 0.3) is 5.56 Å². The highest BCUT2D eigenvalue weighted by Gasteiger charge is 2.30. The molecule has 1 aliphatic rings. The predicted octanol–water partition coefficient (Wildman–Crippen LogP) is 0.444. The third kappa shape index (κ3) is 2.44. The summed E-state index contributed by atoms with van der Waals surface area (Å²) in [4.78, 5) is 28.7. The predicted molar refractivity (Wildman–Crippen MR) is 63.8 cm³/mol. The first-order valence-corrected chi connectivity index (χ1v) is 5.73. The zero-order valence-corrected chi connectivity index (χ0v) is 9.97. The number of carboxylic acids is 1. The number of carboxylic acid groups (broad SMARTS) is 1. The minimum absolute atomic E-state index is 0.00861. The fraction of sp³-hybridized carbons (Fsp3) is 0.545. The van der Waals surface area contributed by atoms with Crippen molar-refractivity contribution in [3.8, 4) is 5.75 Å². The molecule has 0 aliphatic heterocycles. The number of aliphatic carboxylic acids is 1. The SMILES string of the molecule is COc1c(N[C@H]2CC[C@@H](C(=O)O)C2)nc[nH]c1=O. The van der Waals surface area contributed by atoms with E-state index in [4.69, 9.17) is 9.84 Å². The Morgan fingerprint density at radius 1 is 1.61 bits per heavy atom. The van der Waals surface area contributed by atoms with Gasteiger partial charge >= 0.3 is 5.97 Å². The molecule has 1 aromatic rings. The van der Waals surface area contributed by atoms with E-state index in [9.17, 15) is 9.59 Å². The molecule has 0 aromatic carbocycles. The smallest absolute Gasteiger partial charge is 0.306 e. The van der Waals surface area contributed by atoms with E-state index in [1.54, 1.807) is 0 Å². The molecule has 3 N–H and O–H groups in total. The molecular formula is C11H15N3O4. The molecule has 7 nitrogen and oxygen atoms in total. The average Bonchev–Trinajstić information content (AvgIpc) is 2.78. The highest BCUT2D eigenvalue weighted by molar-refractivity contribution is 5.70. The lowest BCUT2D eigenvalue weighted by Crippen LogP contribution is -2.21. The Bertz CT molecular complexity index is 499. The van der Waals surface area contributed by atoms with Crippen molar-refractivity contribution in [3.05, 3.63) is 16.7 Å². The van der Waals surface area contributed by atoms with Gasteiger partial charge in [-0.15, -0.1) is 0 Å². The molecule has 1 saturated carbocycles. The number of carbonyl (C=O) groups is 1. The van der Waals surface area contributed by atoms with Gasteiger partial charge in [-0.1, -0.05) is 0 Å². The Balaban J connectivity index is 2.09. The van der Waals surface area contributed by atoms with Crippen LogP contribution in [0.1, 0.15) is 19.3 Å². The van der Waals surface area contributed by atoms with E-state index < -0.39 is 5.97 Å². The summed E-state index contributed by atoms with van der Waals surface area (Å²) in [5.74, 6) is -0.616. The molecule has 1 aromatic heterocycles. The number of nitrogens with one attached hydrogen (secondary N) is 2. The lowest BCUT2D eigenvalue weighted by Gasteiger charge is -2.14. The molecule has 7 heteroatoms. The van der Waals surface area contributed by atoms with Crippen LogP contribution in [0.25, 0.3) is 0 Å². The number of rotatable bonds is 4. The van der Waals surface area contributed by atoms with Crippen LogP contribution in [0.15, 0.2) is 11.1 Å². The number of ether oxygens (including phenoxy) is 1. The number of H-pyrrole nitrogens is 1. The van der Waals surface area contributed by atoms with Crippen molar-refractivity contribution >= 4 is 11.8 Å². The van der Waals surface area contributed by atoms with Gasteiger partial charge in [0.05, 0.1) is 19.4 Å². The van der Waals surface area contributed by atoms with Crippen molar-refractivity contribution in [1.82, 2.24) is 9.97 Å². The maximum Gasteiger partial charge on any atom is 0.306 e. The zero-order chi connectivity index (χ0) is 13.1. The summed E-state index contributed by atoms with van der Waals surface area (Å²) in [6.45, 7) is 0. The summed E-state index contributed by atoms with van der Waals surface area (Å²) in [7, 11) is 1.39. The van der Waals surface area contributed by atoms with Crippen LogP contribution in [0.4, 0.5) is 5.82 Å². The van der Waals surface area contributed by atoms with Crippen molar-refractivity contribution in [2.75, 3.05) is 12.4 Å². The number of aromatic nitrogens is 2. The van der Waals surface area contributed by atoms with Gasteiger partial charge in [-0.05, 0) is 19.3 Å². The number of hydrogen-bond acceptors (Lipinski definition) is 5. The number of aromatic amines is 1. The first-order valence-electron chi connectivity index (χ1n) is 5.73. The van der Waals surface area contributed by atoms with E-state index in [0.717, 1.165) is 6.42 Å². The fourth-order valence-corrected chi connectivity index (χ4v) is 2.21. The molecule has 1 fully saturated rings. The van der Waals surface area contributed by atoms with E-state index in [-0.39, 0.29) is 23.3 Å². The van der Waals surface area contributed by atoms with Crippen molar-refractivity contribution in [3.63, 3.8) is 0 Å². The van der Waals surface area contributed by atoms with Crippen LogP contribution in [-0.2, 0) is 4.79 Å². The highest BCUT2D eigenvalue weighted by Crippen LogP contribution is 2.29. The fourth-order valence-electron chi connectivity index (χ4n) is 2.21. The summed E-state index contributed by atoms with van der Waals surface area (Å²) in [6, 6.07) is 0.00861. The second-order valence-corrected chi connectivity index (χ2v) is 4.30. The Labute approximate surface area is 103 Å². The molecule has 0 amide bonds. The topological polar surface area (TPSA) is 104 Å². The molecule has 2 rings (SSSR count). The van der Waals surface area contributed by atoms with E-state index >= 15 is 0 Å². The molecule has 2 atom stereocenters. The Morgan fingerprint density at radius 2 is 2.39 bits per heavy atom. The number of anilines is 1. The lowest BCUT2D eigenvalue weighted by atomic mass is 10.1. The van der Waals surface area contributed by atoms with E-state index in [2.05, 4.69) is 15.3 Å². The van der Waals surface area contributed by atoms with E-state index in [1.807, 2.05) is 0 Å². The van der Waals surface area contributed by atoms with Crippen LogP contribution in [-0.4, -0.2) is 34.2 Å². The Hall–Kier alpha value is -2.05. The van der Waals surface area contributed by atoms with Gasteiger partial charge in [0.2, 0.25) is 5.75 Å². The summed E-state index contributed by atoms with van der Waals surface area (Å²) in [5.41, 5.74) is -0.359. The first-order chi connectivity index (χ1) is 8.61. The van der Waals surface area contributed by atoms with Gasteiger partial charge in [0.15, 0.2) is 5.82 Å². The lowest BCUT2D eigenvalue weighted by molar-refractivity contribution is -0.141. The van der Waals surface area contributed by atoms with E-state index in [0.29, 0.717) is 18.7 Å². The van der Waals surface area contributed by atoms with Crippen molar-refractivity contribution in [2.45, 2.75) is 25.3 Å². The minimum atomic E-state index is -0.773. The van der Waals surface area contributed by atoms with Gasteiger partial charge in [-0.2, -0.15) is 0 Å². The molecule has 0 saturated heterocycles. The molecule has 1 heterocycles. The van der Waals surface area contributed by atoms with E-state index in [1.165, 1.54) is 13.4 Å². The second kappa shape index (κ2) is 5.07. The molecule has 18 heavy (non-hydrogen) atoms. The summed E-state index contributed by atoms with van der Waals surface area (Å²) < 4.78 is 4.98. The highest BCUT2D eigenvalue weighted by atomic mass is 16.5. The monoisotopic (exact) mass is 253 g/mol. The summed E-state index contributed by atoms with van der Waals surface area (Å²) in [5, 5.41) is 12.0. The molecule has 1 aliphatic carbocycles. The minimum Gasteiger partial charge on any atom is -0.489 e. The summed E-state index contributed by atoms with van der Waals surface area (Å²) >= 11 is 0. The Kier molecular flexibility index (Phi) is 3.50. The van der Waals surface area contributed by atoms with Crippen LogP contribution >= 0.6 is 0 Å². The molecule has 98 valence electrons. The van der Waals surface area contributed by atoms with Crippen LogP contribution in [0.2, 0.25) is 0 Å². The summed E-state index contributed by atoms with van der Waals surface area (Å²) in [6.07, 6.45) is 3.21. The molecular weight excluding hydrogens is 238 g/mol. The zero-order valence-electron chi connectivity index (χ0n) is 9.97. The van der Waals surface area contributed by atoms with Gasteiger partial charge < -0.3 is 20.1 Å². The van der Waals surface area contributed by atoms with Crippen LogP contribution in [0.3, 0.4) is 0 Å². The second-order valence-electron chi connectivity index (χ2n) is 4.30. The Morgan fingerprint density at radius 3 is 3.00 bits per heavy atom. The maximum atomic E-state index is 11.5. The van der Waals surface area contributed by atoms with Crippen molar-refractivity contribution in [2.24, 2.45) is 5.92 Å². The molecule has 0 radical (unpaired) electrons. The third-order valence-electron chi connectivity index (χ3n) is 3.14. The largest absolute Gasteiger partial charge is 0.489 e. The van der Waals surface area contributed by atoms with Crippen molar-refractivity contribution < 1.29 is 14.6 Å². The standard InChI is InChI=1S/C11H15N3O4/c1-18-8-9(12-5-13-10(8)15)14-7-3-2-6(4-7)11(16)17/h5-7H,2-4H2,1H3,(H,16,17)(H2,12,13,14,15)/t6-,7+/m1/s1. The van der Waals surface area contributed by atoms with Crippen LogP contribution < -0.4 is 15.6 Å². The molecule has 0 unspecified atom stereocenters. The normalized spacial score (nSPS) is 22.7. The maximum absolute atomic E-state index is 11.5. The van der Waals surface area contributed by atoms with Crippen LogP contribution in [0, 0.1) is 5.92 Å². The van der Waals surface area contributed by atoms with Gasteiger partial charge in [0.1, 0.15) is 0 Å². The average molecular weight is 253 g/mol. The number of methoxy groups -OCH3 is 1. The van der Waals surface area contributed by atoms with Gasteiger partial charge in [0, 0.05) is 6.04 Å². The van der Waals surface area contributed by atoms with Gasteiger partial charge in [-0.3, -0.25) is 9.59 Å². The third-order valence-corrected chi connectivity index (χ3v) is 3.14. The number of nitrogens with zero attached hydrogens (tertiary/aromatic N) is 1. The van der Waals surface area contributed by atoms with Crippen LogP contribution in [0.5, 0.6) is 5.75 Å². The quantitative estimate of drug-likeness (QED) is 0.719. The molecule has 0 spiro atoms. The number of hydrogen-bond donors (Lipinski definition) is 3. The van der Waals surface area contributed by atoms with Gasteiger partial charge in [-0.25, -0.2) is 4.98 Å². The van der Waals surface area contributed by atoms with Crippen molar-refractivity contribution in [1.29, 1.82) is 0 Å². The molecule has 0 bridgehead atoms.